The van der Waals surface area contributed by atoms with E-state index in [4.69, 9.17) is 0 Å². The molecule has 2 saturated carbocycles. The fraction of sp³-hybridized carbons (Fsp3) is 0.455. The summed E-state index contributed by atoms with van der Waals surface area (Å²) in [5.74, 6) is -2.05. The topological polar surface area (TPSA) is 6.48 Å². The molecule has 0 amide bonds. The van der Waals surface area contributed by atoms with E-state index in [0.717, 1.165) is 35.2 Å². The molecule has 0 radical (unpaired) electrons. The first-order valence-electron chi connectivity index (χ1n) is 14.6. The Balaban J connectivity index is 1.43. The van der Waals surface area contributed by atoms with Crippen LogP contribution in [0.5, 0.6) is 0 Å². The van der Waals surface area contributed by atoms with Crippen LogP contribution in [-0.2, 0) is 11.1 Å². The molecule has 2 nitrogen and oxygen atoms in total. The molecule has 38 heavy (non-hydrogen) atoms. The van der Waals surface area contributed by atoms with E-state index in [1.54, 1.807) is 0 Å². The van der Waals surface area contributed by atoms with Gasteiger partial charge in [-0.3, -0.25) is 0 Å². The van der Waals surface area contributed by atoms with Crippen LogP contribution in [0.25, 0.3) is 0 Å². The van der Waals surface area contributed by atoms with E-state index >= 15 is 8.78 Å². The van der Waals surface area contributed by atoms with Crippen molar-refractivity contribution in [2.75, 3.05) is 9.80 Å². The molecule has 0 aromatic heterocycles. The van der Waals surface area contributed by atoms with Gasteiger partial charge in [0.1, 0.15) is 0 Å². The zero-order valence-corrected chi connectivity index (χ0v) is 22.5. The number of fused-ring (bicyclic) bond motifs is 10. The van der Waals surface area contributed by atoms with E-state index in [-0.39, 0.29) is 30.5 Å². The van der Waals surface area contributed by atoms with Gasteiger partial charge in [0.05, 0.1) is 5.54 Å². The average Bonchev–Trinajstić information content (AvgIpc) is 3.25. The second-order valence-corrected chi connectivity index (χ2v) is 13.4. The Morgan fingerprint density at radius 1 is 0.737 bits per heavy atom. The molecule has 4 aliphatic heterocycles. The van der Waals surface area contributed by atoms with Gasteiger partial charge in [-0.25, -0.2) is 8.78 Å². The van der Waals surface area contributed by atoms with Crippen molar-refractivity contribution in [2.45, 2.75) is 94.6 Å². The SMILES string of the molecule is Cc1cc2c3c(c1)C1(F)CCCCC1(F)N3c1cccc3c1B2c1cccc2c1N3C1(C)CCCCC21C. The van der Waals surface area contributed by atoms with Crippen LogP contribution in [0.15, 0.2) is 48.5 Å². The third-order valence-corrected chi connectivity index (χ3v) is 11.8. The molecule has 4 unspecified atom stereocenters. The van der Waals surface area contributed by atoms with E-state index in [1.807, 2.05) is 17.9 Å². The Morgan fingerprint density at radius 3 is 2.26 bits per heavy atom. The van der Waals surface area contributed by atoms with Crippen molar-refractivity contribution in [3.8, 4) is 0 Å². The third-order valence-electron chi connectivity index (χ3n) is 11.8. The standard InChI is InChI=1S/C33H33BF2N2/c1-20-18-22-29-24(19-20)34-23-11-8-10-21-28(23)37(31(3)15-5-4-14-30(21,31)2)25-12-9-13-26(27(25)34)38(29)33(36)17-7-6-16-32(22,33)35/h8-13,18-19H,4-7,14-17H2,1-3H3. The summed E-state index contributed by atoms with van der Waals surface area (Å²) in [6.07, 6.45) is 6.71. The fourth-order valence-electron chi connectivity index (χ4n) is 9.92. The maximum Gasteiger partial charge on any atom is 0.252 e. The molecule has 4 heterocycles. The van der Waals surface area contributed by atoms with Crippen molar-refractivity contribution in [1.29, 1.82) is 0 Å². The first-order valence-corrected chi connectivity index (χ1v) is 14.6. The zero-order chi connectivity index (χ0) is 25.8. The second-order valence-electron chi connectivity index (χ2n) is 13.4. The van der Waals surface area contributed by atoms with Gasteiger partial charge >= 0.3 is 0 Å². The van der Waals surface area contributed by atoms with Gasteiger partial charge in [-0.1, -0.05) is 61.7 Å². The monoisotopic (exact) mass is 506 g/mol. The summed E-state index contributed by atoms with van der Waals surface area (Å²) >= 11 is 0. The van der Waals surface area contributed by atoms with Crippen molar-refractivity contribution < 1.29 is 8.78 Å². The summed E-state index contributed by atoms with van der Waals surface area (Å²) in [7, 11) is 0. The van der Waals surface area contributed by atoms with E-state index in [9.17, 15) is 0 Å². The Morgan fingerprint density at radius 2 is 1.42 bits per heavy atom. The summed E-state index contributed by atoms with van der Waals surface area (Å²) in [6.45, 7) is 6.96. The predicted molar refractivity (Wildman–Crippen MR) is 152 cm³/mol. The molecule has 0 spiro atoms. The third kappa shape index (κ3) is 2.06. The van der Waals surface area contributed by atoms with E-state index in [2.05, 4.69) is 61.2 Å². The summed E-state index contributed by atoms with van der Waals surface area (Å²) in [5, 5.41) is 0. The fourth-order valence-corrected chi connectivity index (χ4v) is 9.92. The van der Waals surface area contributed by atoms with Crippen molar-refractivity contribution in [3.05, 3.63) is 65.2 Å². The number of nitrogens with zero attached hydrogens (tertiary/aromatic N) is 2. The highest BCUT2D eigenvalue weighted by molar-refractivity contribution is 7.00. The number of rotatable bonds is 0. The van der Waals surface area contributed by atoms with E-state index in [1.165, 1.54) is 47.1 Å². The molecule has 4 atom stereocenters. The van der Waals surface area contributed by atoms with Crippen molar-refractivity contribution in [2.24, 2.45) is 0 Å². The van der Waals surface area contributed by atoms with Crippen LogP contribution >= 0.6 is 0 Å². The first-order chi connectivity index (χ1) is 18.2. The van der Waals surface area contributed by atoms with Crippen LogP contribution < -0.4 is 26.2 Å². The highest BCUT2D eigenvalue weighted by Crippen LogP contribution is 2.65. The number of hydrogen-bond donors (Lipinski definition) is 0. The number of hydrogen-bond acceptors (Lipinski definition) is 2. The predicted octanol–water partition coefficient (Wildman–Crippen LogP) is 6.44. The normalized spacial score (nSPS) is 34.9. The molecule has 3 aromatic carbocycles. The number of halogens is 2. The Bertz CT molecular complexity index is 1590. The molecule has 0 bridgehead atoms. The largest absolute Gasteiger partial charge is 0.335 e. The quantitative estimate of drug-likeness (QED) is 0.256. The van der Waals surface area contributed by atoms with Gasteiger partial charge < -0.3 is 9.80 Å². The van der Waals surface area contributed by atoms with Gasteiger partial charge in [0.2, 0.25) is 5.79 Å². The van der Waals surface area contributed by atoms with Gasteiger partial charge in [-0.15, -0.1) is 0 Å². The van der Waals surface area contributed by atoms with Crippen LogP contribution in [0.2, 0.25) is 0 Å². The summed E-state index contributed by atoms with van der Waals surface area (Å²) in [5.41, 5.74) is 8.88. The van der Waals surface area contributed by atoms with Crippen molar-refractivity contribution in [3.63, 3.8) is 0 Å². The first kappa shape index (κ1) is 22.0. The van der Waals surface area contributed by atoms with E-state index in [0.29, 0.717) is 12.0 Å². The minimum absolute atomic E-state index is 0.0167. The number of para-hydroxylation sites is 1. The van der Waals surface area contributed by atoms with E-state index < -0.39 is 11.5 Å². The van der Waals surface area contributed by atoms with Gasteiger partial charge in [-0.05, 0) is 80.0 Å². The number of aryl methyl sites for hydroxylation is 1. The van der Waals surface area contributed by atoms with Crippen molar-refractivity contribution >= 4 is 45.9 Å². The van der Waals surface area contributed by atoms with Gasteiger partial charge in [0, 0.05) is 40.1 Å². The molecule has 0 saturated heterocycles. The van der Waals surface area contributed by atoms with Crippen LogP contribution in [0.1, 0.15) is 81.9 Å². The number of anilines is 4. The van der Waals surface area contributed by atoms with Crippen molar-refractivity contribution in [1.82, 2.24) is 0 Å². The highest BCUT2D eigenvalue weighted by Gasteiger charge is 2.69. The smallest absolute Gasteiger partial charge is 0.252 e. The van der Waals surface area contributed by atoms with Crippen LogP contribution in [-0.4, -0.2) is 18.0 Å². The van der Waals surface area contributed by atoms with Gasteiger partial charge in [0.25, 0.3) is 6.71 Å². The number of alkyl halides is 2. The molecular weight excluding hydrogens is 473 g/mol. The van der Waals surface area contributed by atoms with Crippen LogP contribution in [0.3, 0.4) is 0 Å². The maximum absolute atomic E-state index is 17.4. The lowest BCUT2D eigenvalue weighted by Crippen LogP contribution is -2.66. The molecule has 5 heteroatoms. The molecule has 192 valence electrons. The summed E-state index contributed by atoms with van der Waals surface area (Å²) < 4.78 is 34.6. The lowest BCUT2D eigenvalue weighted by atomic mass is 9.33. The summed E-state index contributed by atoms with van der Waals surface area (Å²) in [6, 6.07) is 17.5. The Kier molecular flexibility index (Phi) is 3.76. The summed E-state index contributed by atoms with van der Waals surface area (Å²) in [4.78, 5) is 4.46. The molecule has 9 rings (SSSR count). The Labute approximate surface area is 224 Å². The molecular formula is C33H33BF2N2. The molecule has 2 aliphatic carbocycles. The minimum atomic E-state index is -2.05. The van der Waals surface area contributed by atoms with Crippen LogP contribution in [0, 0.1) is 6.92 Å². The maximum atomic E-state index is 17.4. The molecule has 0 N–H and O–H groups in total. The second kappa shape index (κ2) is 6.49. The molecule has 3 aromatic rings. The van der Waals surface area contributed by atoms with Gasteiger partial charge in [0.15, 0.2) is 5.67 Å². The zero-order valence-electron chi connectivity index (χ0n) is 22.5. The minimum Gasteiger partial charge on any atom is -0.335 e. The molecule has 6 aliphatic rings. The highest BCUT2D eigenvalue weighted by atomic mass is 19.2. The Hall–Kier alpha value is -2.82. The number of benzene rings is 3. The van der Waals surface area contributed by atoms with Crippen LogP contribution in [0.4, 0.5) is 31.5 Å². The lowest BCUT2D eigenvalue weighted by Gasteiger charge is -2.53. The molecule has 2 fully saturated rings. The average molecular weight is 506 g/mol. The van der Waals surface area contributed by atoms with Gasteiger partial charge in [-0.2, -0.15) is 0 Å². The lowest BCUT2D eigenvalue weighted by molar-refractivity contribution is -0.0615.